The zero-order valence-electron chi connectivity index (χ0n) is 11.8. The highest BCUT2D eigenvalue weighted by molar-refractivity contribution is 5.82. The lowest BCUT2D eigenvalue weighted by Crippen LogP contribution is -2.35. The summed E-state index contributed by atoms with van der Waals surface area (Å²) in [7, 11) is 0. The van der Waals surface area contributed by atoms with Gasteiger partial charge in [0.2, 0.25) is 0 Å². The van der Waals surface area contributed by atoms with Crippen molar-refractivity contribution in [1.82, 2.24) is 0 Å². The molecule has 2 heteroatoms. The summed E-state index contributed by atoms with van der Waals surface area (Å²) in [5.74, 6) is 1.70. The Balaban J connectivity index is 2.61. The molecule has 17 heavy (non-hydrogen) atoms. The second-order valence-electron chi connectivity index (χ2n) is 6.02. The van der Waals surface area contributed by atoms with Crippen LogP contribution in [0, 0.1) is 17.8 Å². The molecule has 0 heterocycles. The Bertz CT molecular complexity index is 287. The molecule has 0 N–H and O–H groups in total. The summed E-state index contributed by atoms with van der Waals surface area (Å²) in [5.41, 5.74) is 1.00. The van der Waals surface area contributed by atoms with E-state index in [0.29, 0.717) is 11.8 Å². The Morgan fingerprint density at radius 1 is 1.29 bits per heavy atom. The van der Waals surface area contributed by atoms with Crippen molar-refractivity contribution in [2.45, 2.75) is 60.0 Å². The fraction of sp³-hybridized carbons (Fsp3) is 0.800. The standard InChI is InChI=1S/C15H26O2/c1-10(2)8-15(16)17-14-7-6-12(5)9-13(14)11(3)4/h8,11-14H,6-7,9H2,1-5H3/t12-,13+,14+/m1/s1. The van der Waals surface area contributed by atoms with Crippen molar-refractivity contribution < 1.29 is 9.53 Å². The van der Waals surface area contributed by atoms with Crippen molar-refractivity contribution in [2.75, 3.05) is 0 Å². The van der Waals surface area contributed by atoms with Gasteiger partial charge in [0, 0.05) is 6.08 Å². The van der Waals surface area contributed by atoms with Gasteiger partial charge in [0.25, 0.3) is 0 Å². The third-order valence-electron chi connectivity index (χ3n) is 3.63. The van der Waals surface area contributed by atoms with E-state index in [1.807, 2.05) is 13.8 Å². The molecule has 1 aliphatic rings. The number of carbonyl (C=O) groups is 1. The van der Waals surface area contributed by atoms with Crippen LogP contribution in [-0.4, -0.2) is 12.1 Å². The van der Waals surface area contributed by atoms with Gasteiger partial charge in [0.15, 0.2) is 0 Å². The second-order valence-corrected chi connectivity index (χ2v) is 6.02. The van der Waals surface area contributed by atoms with Crippen molar-refractivity contribution in [3.8, 4) is 0 Å². The molecule has 0 aromatic heterocycles. The number of rotatable bonds is 3. The minimum absolute atomic E-state index is 0.120. The van der Waals surface area contributed by atoms with E-state index in [4.69, 9.17) is 4.74 Å². The normalized spacial score (nSPS) is 28.9. The summed E-state index contributed by atoms with van der Waals surface area (Å²) in [4.78, 5) is 11.7. The largest absolute Gasteiger partial charge is 0.459 e. The van der Waals surface area contributed by atoms with Gasteiger partial charge in [-0.05, 0) is 50.9 Å². The molecule has 3 atom stereocenters. The van der Waals surface area contributed by atoms with E-state index in [-0.39, 0.29) is 12.1 Å². The molecule has 1 aliphatic carbocycles. The van der Waals surface area contributed by atoms with E-state index in [0.717, 1.165) is 17.9 Å². The third kappa shape index (κ3) is 4.53. The number of esters is 1. The smallest absolute Gasteiger partial charge is 0.330 e. The van der Waals surface area contributed by atoms with Gasteiger partial charge in [0.05, 0.1) is 0 Å². The van der Waals surface area contributed by atoms with Crippen LogP contribution in [0.2, 0.25) is 0 Å². The average molecular weight is 238 g/mol. The number of ether oxygens (including phenoxy) is 1. The van der Waals surface area contributed by atoms with Gasteiger partial charge in [-0.3, -0.25) is 0 Å². The van der Waals surface area contributed by atoms with Crippen molar-refractivity contribution >= 4 is 5.97 Å². The zero-order chi connectivity index (χ0) is 13.0. The van der Waals surface area contributed by atoms with Crippen LogP contribution in [0.25, 0.3) is 0 Å². The maximum Gasteiger partial charge on any atom is 0.330 e. The highest BCUT2D eigenvalue weighted by Gasteiger charge is 2.32. The zero-order valence-corrected chi connectivity index (χ0v) is 11.8. The van der Waals surface area contributed by atoms with Crippen LogP contribution in [-0.2, 0) is 9.53 Å². The minimum atomic E-state index is -0.171. The monoisotopic (exact) mass is 238 g/mol. The molecule has 0 unspecified atom stereocenters. The summed E-state index contributed by atoms with van der Waals surface area (Å²) >= 11 is 0. The molecule has 0 aliphatic heterocycles. The van der Waals surface area contributed by atoms with E-state index in [1.165, 1.54) is 12.8 Å². The lowest BCUT2D eigenvalue weighted by atomic mass is 9.75. The maximum atomic E-state index is 11.7. The molecule has 98 valence electrons. The number of allylic oxidation sites excluding steroid dienone is 1. The summed E-state index contributed by atoms with van der Waals surface area (Å²) in [5, 5.41) is 0. The van der Waals surface area contributed by atoms with Crippen LogP contribution in [0.4, 0.5) is 0 Å². The molecular weight excluding hydrogens is 212 g/mol. The number of carbonyl (C=O) groups excluding carboxylic acids is 1. The Labute approximate surface area is 105 Å². The molecule has 2 nitrogen and oxygen atoms in total. The first-order valence-electron chi connectivity index (χ1n) is 6.75. The topological polar surface area (TPSA) is 26.3 Å². The highest BCUT2D eigenvalue weighted by atomic mass is 16.5. The van der Waals surface area contributed by atoms with Gasteiger partial charge < -0.3 is 4.74 Å². The van der Waals surface area contributed by atoms with Crippen molar-refractivity contribution in [3.63, 3.8) is 0 Å². The molecule has 0 spiro atoms. The van der Waals surface area contributed by atoms with Gasteiger partial charge in [-0.1, -0.05) is 26.3 Å². The maximum absolute atomic E-state index is 11.7. The molecule has 1 saturated carbocycles. The fourth-order valence-corrected chi connectivity index (χ4v) is 2.66. The van der Waals surface area contributed by atoms with Crippen LogP contribution in [0.1, 0.15) is 53.9 Å². The van der Waals surface area contributed by atoms with Gasteiger partial charge in [-0.2, -0.15) is 0 Å². The molecule has 0 bridgehead atoms. The van der Waals surface area contributed by atoms with Crippen LogP contribution < -0.4 is 0 Å². The van der Waals surface area contributed by atoms with Crippen LogP contribution in [0.5, 0.6) is 0 Å². The average Bonchev–Trinajstić information content (AvgIpc) is 2.19. The van der Waals surface area contributed by atoms with Crippen LogP contribution >= 0.6 is 0 Å². The van der Waals surface area contributed by atoms with Gasteiger partial charge >= 0.3 is 5.97 Å². The van der Waals surface area contributed by atoms with Crippen LogP contribution in [0.3, 0.4) is 0 Å². The van der Waals surface area contributed by atoms with Crippen molar-refractivity contribution in [3.05, 3.63) is 11.6 Å². The SMILES string of the molecule is CC(C)=CC(=O)O[C@H]1CC[C@@H](C)C[C@H]1C(C)C. The molecule has 0 radical (unpaired) electrons. The van der Waals surface area contributed by atoms with E-state index in [1.54, 1.807) is 6.08 Å². The van der Waals surface area contributed by atoms with Crippen molar-refractivity contribution in [2.24, 2.45) is 17.8 Å². The first kappa shape index (κ1) is 14.3. The lowest BCUT2D eigenvalue weighted by Gasteiger charge is -2.36. The molecule has 0 saturated heterocycles. The second kappa shape index (κ2) is 6.23. The predicted octanol–water partition coefficient (Wildman–Crippen LogP) is 3.96. The van der Waals surface area contributed by atoms with E-state index >= 15 is 0 Å². The first-order chi connectivity index (χ1) is 7.90. The molecule has 0 aromatic carbocycles. The van der Waals surface area contributed by atoms with Crippen LogP contribution in [0.15, 0.2) is 11.6 Å². The lowest BCUT2D eigenvalue weighted by molar-refractivity contribution is -0.149. The quantitative estimate of drug-likeness (QED) is 0.549. The summed E-state index contributed by atoms with van der Waals surface area (Å²) < 4.78 is 5.61. The van der Waals surface area contributed by atoms with Crippen molar-refractivity contribution in [1.29, 1.82) is 0 Å². The Kier molecular flexibility index (Phi) is 5.23. The number of hydrogen-bond acceptors (Lipinski definition) is 2. The van der Waals surface area contributed by atoms with E-state index < -0.39 is 0 Å². The van der Waals surface area contributed by atoms with Gasteiger partial charge in [-0.25, -0.2) is 4.79 Å². The van der Waals surface area contributed by atoms with Gasteiger partial charge in [0.1, 0.15) is 6.10 Å². The van der Waals surface area contributed by atoms with E-state index in [2.05, 4.69) is 20.8 Å². The summed E-state index contributed by atoms with van der Waals surface area (Å²) in [6.45, 7) is 10.6. The first-order valence-corrected chi connectivity index (χ1v) is 6.75. The Morgan fingerprint density at radius 2 is 1.94 bits per heavy atom. The summed E-state index contributed by atoms with van der Waals surface area (Å²) in [6.07, 6.45) is 5.09. The summed E-state index contributed by atoms with van der Waals surface area (Å²) in [6, 6.07) is 0. The third-order valence-corrected chi connectivity index (χ3v) is 3.63. The molecule has 1 fully saturated rings. The Morgan fingerprint density at radius 3 is 2.47 bits per heavy atom. The molecular formula is C15H26O2. The Hall–Kier alpha value is -0.790. The van der Waals surface area contributed by atoms with Gasteiger partial charge in [-0.15, -0.1) is 0 Å². The fourth-order valence-electron chi connectivity index (χ4n) is 2.66. The minimum Gasteiger partial charge on any atom is -0.459 e. The van der Waals surface area contributed by atoms with E-state index in [9.17, 15) is 4.79 Å². The number of hydrogen-bond donors (Lipinski definition) is 0. The molecule has 0 amide bonds. The molecule has 0 aromatic rings. The predicted molar refractivity (Wildman–Crippen MR) is 70.7 cm³/mol. The molecule has 1 rings (SSSR count). The highest BCUT2D eigenvalue weighted by Crippen LogP contribution is 2.35.